The fourth-order valence-corrected chi connectivity index (χ4v) is 3.98. The van der Waals surface area contributed by atoms with Crippen LogP contribution in [0.2, 0.25) is 5.02 Å². The molecule has 132 valence electrons. The van der Waals surface area contributed by atoms with Gasteiger partial charge in [0.1, 0.15) is 0 Å². The summed E-state index contributed by atoms with van der Waals surface area (Å²) >= 11 is 6.02. The molecule has 0 saturated heterocycles. The van der Waals surface area contributed by atoms with Crippen LogP contribution < -0.4 is 0 Å². The van der Waals surface area contributed by atoms with Crippen molar-refractivity contribution in [3.8, 4) is 0 Å². The highest BCUT2D eigenvalue weighted by atomic mass is 35.5. The molecule has 0 heterocycles. The van der Waals surface area contributed by atoms with Gasteiger partial charge >= 0.3 is 0 Å². The van der Waals surface area contributed by atoms with Crippen LogP contribution in [-0.4, -0.2) is 36.2 Å². The molecule has 0 bridgehead atoms. The van der Waals surface area contributed by atoms with Crippen molar-refractivity contribution >= 4 is 17.7 Å². The van der Waals surface area contributed by atoms with Crippen LogP contribution in [0.3, 0.4) is 0 Å². The Kier molecular flexibility index (Phi) is 5.63. The molecular weight excluding hydrogens is 330 g/mol. The summed E-state index contributed by atoms with van der Waals surface area (Å²) < 4.78 is 0. The molecule has 2 aromatic rings. The molecule has 0 amide bonds. The summed E-state index contributed by atoms with van der Waals surface area (Å²) in [5.74, 6) is 0.230. The Morgan fingerprint density at radius 1 is 1.12 bits per heavy atom. The van der Waals surface area contributed by atoms with E-state index in [9.17, 15) is 5.11 Å². The molecule has 2 unspecified atom stereocenters. The van der Waals surface area contributed by atoms with E-state index in [-0.39, 0.29) is 5.92 Å². The quantitative estimate of drug-likeness (QED) is 0.842. The largest absolute Gasteiger partial charge is 0.385 e. The van der Waals surface area contributed by atoms with Crippen molar-refractivity contribution in [2.75, 3.05) is 20.6 Å². The van der Waals surface area contributed by atoms with E-state index in [2.05, 4.69) is 37.2 Å². The van der Waals surface area contributed by atoms with Crippen molar-refractivity contribution in [2.24, 2.45) is 5.92 Å². The highest BCUT2D eigenvalue weighted by Crippen LogP contribution is 2.43. The van der Waals surface area contributed by atoms with Gasteiger partial charge in [0.25, 0.3) is 0 Å². The van der Waals surface area contributed by atoms with Gasteiger partial charge in [-0.2, -0.15) is 0 Å². The number of benzene rings is 2. The van der Waals surface area contributed by atoms with Crippen molar-refractivity contribution in [1.82, 2.24) is 4.90 Å². The fourth-order valence-electron chi connectivity index (χ4n) is 3.85. The van der Waals surface area contributed by atoms with Gasteiger partial charge in [0.2, 0.25) is 0 Å². The molecule has 2 nitrogen and oxygen atoms in total. The first-order valence-electron chi connectivity index (χ1n) is 8.85. The molecule has 2 atom stereocenters. The van der Waals surface area contributed by atoms with Crippen molar-refractivity contribution in [3.05, 3.63) is 76.3 Å². The normalized spacial score (nSPS) is 25.0. The van der Waals surface area contributed by atoms with Crippen LogP contribution in [0.5, 0.6) is 0 Å². The Bertz CT molecular complexity index is 723. The van der Waals surface area contributed by atoms with Crippen LogP contribution in [-0.2, 0) is 6.42 Å². The second-order valence-corrected chi connectivity index (χ2v) is 7.74. The third kappa shape index (κ3) is 4.33. The zero-order valence-corrected chi connectivity index (χ0v) is 15.7. The minimum Gasteiger partial charge on any atom is -0.385 e. The molecule has 3 rings (SSSR count). The number of rotatable bonds is 5. The van der Waals surface area contributed by atoms with E-state index in [0.29, 0.717) is 6.42 Å². The summed E-state index contributed by atoms with van der Waals surface area (Å²) in [4.78, 5) is 2.17. The zero-order valence-electron chi connectivity index (χ0n) is 15.0. The monoisotopic (exact) mass is 355 g/mol. The lowest BCUT2D eigenvalue weighted by Crippen LogP contribution is -2.42. The Morgan fingerprint density at radius 2 is 1.80 bits per heavy atom. The topological polar surface area (TPSA) is 23.5 Å². The van der Waals surface area contributed by atoms with Crippen molar-refractivity contribution in [3.63, 3.8) is 0 Å². The smallest absolute Gasteiger partial charge is 0.0940 e. The van der Waals surface area contributed by atoms with E-state index in [0.717, 1.165) is 41.1 Å². The average molecular weight is 356 g/mol. The first-order valence-corrected chi connectivity index (χ1v) is 9.23. The molecule has 1 aliphatic rings. The molecule has 0 aromatic heterocycles. The maximum Gasteiger partial charge on any atom is 0.0940 e. The minimum absolute atomic E-state index is 0.230. The minimum atomic E-state index is -0.812. The van der Waals surface area contributed by atoms with E-state index in [1.54, 1.807) is 0 Å². The van der Waals surface area contributed by atoms with Crippen molar-refractivity contribution in [2.45, 2.75) is 24.9 Å². The van der Waals surface area contributed by atoms with E-state index >= 15 is 0 Å². The molecule has 25 heavy (non-hydrogen) atoms. The Balaban J connectivity index is 1.93. The van der Waals surface area contributed by atoms with Gasteiger partial charge in [0.15, 0.2) is 0 Å². The van der Waals surface area contributed by atoms with Gasteiger partial charge < -0.3 is 10.0 Å². The Hall–Kier alpha value is -1.61. The maximum absolute atomic E-state index is 11.7. The van der Waals surface area contributed by atoms with Gasteiger partial charge in [-0.3, -0.25) is 0 Å². The van der Waals surface area contributed by atoms with Gasteiger partial charge in [0.05, 0.1) is 5.60 Å². The highest BCUT2D eigenvalue weighted by molar-refractivity contribution is 6.30. The molecule has 0 spiro atoms. The van der Waals surface area contributed by atoms with E-state index in [4.69, 9.17) is 11.6 Å². The Morgan fingerprint density at radius 3 is 2.44 bits per heavy atom. The van der Waals surface area contributed by atoms with Crippen molar-refractivity contribution < 1.29 is 5.11 Å². The third-order valence-electron chi connectivity index (χ3n) is 5.11. The highest BCUT2D eigenvalue weighted by Gasteiger charge is 2.44. The van der Waals surface area contributed by atoms with E-state index in [1.807, 2.05) is 42.5 Å². The molecule has 1 N–H and O–H groups in total. The van der Waals surface area contributed by atoms with Crippen LogP contribution in [0.1, 0.15) is 24.0 Å². The van der Waals surface area contributed by atoms with Gasteiger partial charge in [-0.25, -0.2) is 0 Å². The van der Waals surface area contributed by atoms with E-state index < -0.39 is 5.60 Å². The lowest BCUT2D eigenvalue weighted by Gasteiger charge is -2.33. The molecular formula is C22H26ClNO. The van der Waals surface area contributed by atoms with Crippen LogP contribution in [0, 0.1) is 5.92 Å². The number of halogens is 1. The van der Waals surface area contributed by atoms with Gasteiger partial charge in [0, 0.05) is 23.9 Å². The predicted molar refractivity (Wildman–Crippen MR) is 106 cm³/mol. The molecule has 1 saturated carbocycles. The number of hydrogen-bond acceptors (Lipinski definition) is 2. The molecule has 0 aliphatic heterocycles. The van der Waals surface area contributed by atoms with Gasteiger partial charge in [-0.05, 0) is 55.8 Å². The number of hydrogen-bond donors (Lipinski definition) is 1. The van der Waals surface area contributed by atoms with Crippen molar-refractivity contribution in [1.29, 1.82) is 0 Å². The van der Waals surface area contributed by atoms with Gasteiger partial charge in [-0.1, -0.05) is 60.1 Å². The predicted octanol–water partition coefficient (Wildman–Crippen LogP) is 4.67. The second-order valence-electron chi connectivity index (χ2n) is 7.31. The maximum atomic E-state index is 11.7. The van der Waals surface area contributed by atoms with Gasteiger partial charge in [-0.15, -0.1) is 0 Å². The lowest BCUT2D eigenvalue weighted by atomic mass is 9.81. The average Bonchev–Trinajstić information content (AvgIpc) is 2.87. The lowest BCUT2D eigenvalue weighted by molar-refractivity contribution is 0.0257. The standard InChI is InChI=1S/C22H26ClNO/c1-24(2)16-20-11-10-19(14-17-6-4-3-5-7-17)22(20,25)15-18-8-12-21(23)13-9-18/h3-9,12-14,20,25H,10-11,15-16H2,1-2H3/b19-14-. The fraction of sp³-hybridized carbons (Fsp3) is 0.364. The summed E-state index contributed by atoms with van der Waals surface area (Å²) in [6.45, 7) is 0.885. The molecule has 1 aliphatic carbocycles. The molecule has 3 heteroatoms. The summed E-state index contributed by atoms with van der Waals surface area (Å²) in [6.07, 6.45) is 4.76. The number of aliphatic hydroxyl groups is 1. The van der Waals surface area contributed by atoms with Crippen LogP contribution in [0.4, 0.5) is 0 Å². The number of nitrogens with zero attached hydrogens (tertiary/aromatic N) is 1. The summed E-state index contributed by atoms with van der Waals surface area (Å²) in [6, 6.07) is 18.1. The van der Waals surface area contributed by atoms with Crippen LogP contribution in [0.25, 0.3) is 6.08 Å². The summed E-state index contributed by atoms with van der Waals surface area (Å²) in [5.41, 5.74) is 2.60. The molecule has 2 aromatic carbocycles. The Labute approximate surface area is 155 Å². The third-order valence-corrected chi connectivity index (χ3v) is 5.36. The zero-order chi connectivity index (χ0) is 17.9. The van der Waals surface area contributed by atoms with Crippen LogP contribution in [0.15, 0.2) is 60.2 Å². The first-order chi connectivity index (χ1) is 12.0. The summed E-state index contributed by atoms with van der Waals surface area (Å²) in [7, 11) is 4.14. The first kappa shape index (κ1) is 18.2. The van der Waals surface area contributed by atoms with E-state index in [1.165, 1.54) is 0 Å². The molecule has 0 radical (unpaired) electrons. The van der Waals surface area contributed by atoms with Crippen LogP contribution >= 0.6 is 11.6 Å². The molecule has 1 fully saturated rings. The SMILES string of the molecule is CN(C)CC1CC/C(=C/c2ccccc2)C1(O)Cc1ccc(Cl)cc1. The summed E-state index contributed by atoms with van der Waals surface area (Å²) in [5, 5.41) is 12.4. The second kappa shape index (κ2) is 7.74.